The lowest BCUT2D eigenvalue weighted by Crippen LogP contribution is -2.59. The summed E-state index contributed by atoms with van der Waals surface area (Å²) in [6, 6.07) is 4.36. The van der Waals surface area contributed by atoms with Gasteiger partial charge >= 0.3 is 0 Å². The topological polar surface area (TPSA) is 95.6 Å². The molecule has 110 valence electrons. The smallest absolute Gasteiger partial charge is 0.255 e. The maximum atomic E-state index is 12.4. The second-order valence-electron chi connectivity index (χ2n) is 5.63. The number of hydrogen-bond acceptors (Lipinski definition) is 4. The molecule has 2 atom stereocenters. The van der Waals surface area contributed by atoms with E-state index in [4.69, 9.17) is 5.73 Å². The molecule has 0 spiro atoms. The lowest BCUT2D eigenvalue weighted by Gasteiger charge is -2.42. The Bertz CT molecular complexity index is 504. The van der Waals surface area contributed by atoms with Crippen LogP contribution in [0.3, 0.4) is 0 Å². The van der Waals surface area contributed by atoms with E-state index in [9.17, 15) is 15.0 Å². The predicted molar refractivity (Wildman–Crippen MR) is 76.7 cm³/mol. The molecule has 0 aliphatic heterocycles. The van der Waals surface area contributed by atoms with Gasteiger partial charge in [-0.05, 0) is 30.9 Å². The van der Waals surface area contributed by atoms with Gasteiger partial charge in [0.15, 0.2) is 11.5 Å². The van der Waals surface area contributed by atoms with Crippen LogP contribution in [0.1, 0.15) is 43.0 Å². The highest BCUT2D eigenvalue weighted by Gasteiger charge is 2.38. The van der Waals surface area contributed by atoms with Crippen LogP contribution in [0.4, 0.5) is 0 Å². The average molecular weight is 278 g/mol. The quantitative estimate of drug-likeness (QED) is 0.633. The first kappa shape index (κ1) is 14.7. The van der Waals surface area contributed by atoms with Crippen LogP contribution in [0.25, 0.3) is 0 Å². The Labute approximate surface area is 118 Å². The SMILES string of the molecule is CC1CCCCC1(CN)NC(=O)c1cccc(O)c1O. The molecule has 1 aromatic rings. The van der Waals surface area contributed by atoms with Crippen LogP contribution in [0.5, 0.6) is 11.5 Å². The number of benzene rings is 1. The zero-order valence-electron chi connectivity index (χ0n) is 11.7. The number of amides is 1. The Hall–Kier alpha value is -1.75. The molecular weight excluding hydrogens is 256 g/mol. The number of nitrogens with two attached hydrogens (primary N) is 1. The standard InChI is InChI=1S/C15H22N2O3/c1-10-5-2-3-8-15(10,9-16)17-14(20)11-6-4-7-12(18)13(11)19/h4,6-7,10,18-19H,2-3,5,8-9,16H2,1H3,(H,17,20). The summed E-state index contributed by atoms with van der Waals surface area (Å²) in [6.45, 7) is 2.47. The van der Waals surface area contributed by atoms with Crippen LogP contribution in [0.2, 0.25) is 0 Å². The highest BCUT2D eigenvalue weighted by molar-refractivity contribution is 5.98. The summed E-state index contributed by atoms with van der Waals surface area (Å²) in [5.41, 5.74) is 5.55. The third-order valence-electron chi connectivity index (χ3n) is 4.44. The van der Waals surface area contributed by atoms with Crippen molar-refractivity contribution in [2.24, 2.45) is 11.7 Å². The Morgan fingerprint density at radius 2 is 2.20 bits per heavy atom. The van der Waals surface area contributed by atoms with Crippen LogP contribution in [-0.2, 0) is 0 Å². The van der Waals surface area contributed by atoms with Gasteiger partial charge in [0.25, 0.3) is 5.91 Å². The van der Waals surface area contributed by atoms with Crippen LogP contribution in [-0.4, -0.2) is 28.2 Å². The number of rotatable bonds is 3. The van der Waals surface area contributed by atoms with Crippen LogP contribution in [0, 0.1) is 5.92 Å². The maximum absolute atomic E-state index is 12.4. The number of nitrogens with one attached hydrogen (secondary N) is 1. The van der Waals surface area contributed by atoms with Gasteiger partial charge in [0, 0.05) is 6.54 Å². The summed E-state index contributed by atoms with van der Waals surface area (Å²) in [5, 5.41) is 22.2. The van der Waals surface area contributed by atoms with E-state index in [2.05, 4.69) is 12.2 Å². The van der Waals surface area contributed by atoms with E-state index in [0.29, 0.717) is 12.5 Å². The molecule has 1 aromatic carbocycles. The Balaban J connectivity index is 2.23. The Morgan fingerprint density at radius 3 is 2.85 bits per heavy atom. The summed E-state index contributed by atoms with van der Waals surface area (Å²) < 4.78 is 0. The molecule has 0 aromatic heterocycles. The first-order valence-corrected chi connectivity index (χ1v) is 7.03. The van der Waals surface area contributed by atoms with E-state index in [1.54, 1.807) is 0 Å². The van der Waals surface area contributed by atoms with Crippen molar-refractivity contribution in [1.29, 1.82) is 0 Å². The summed E-state index contributed by atoms with van der Waals surface area (Å²) in [5.74, 6) is -0.779. The van der Waals surface area contributed by atoms with Crippen molar-refractivity contribution in [3.63, 3.8) is 0 Å². The fraction of sp³-hybridized carbons (Fsp3) is 0.533. The van der Waals surface area contributed by atoms with Crippen molar-refractivity contribution in [3.05, 3.63) is 23.8 Å². The number of phenolic OH excluding ortho intramolecular Hbond substituents is 2. The second kappa shape index (κ2) is 5.71. The first-order chi connectivity index (χ1) is 9.50. The van der Waals surface area contributed by atoms with Gasteiger partial charge in [0.2, 0.25) is 0 Å². The summed E-state index contributed by atoms with van der Waals surface area (Å²) in [6.07, 6.45) is 4.06. The molecule has 2 unspecified atom stereocenters. The van der Waals surface area contributed by atoms with Gasteiger partial charge in [-0.15, -0.1) is 0 Å². The van der Waals surface area contributed by atoms with Crippen molar-refractivity contribution >= 4 is 5.91 Å². The molecule has 5 heteroatoms. The lowest BCUT2D eigenvalue weighted by molar-refractivity contribution is 0.0809. The molecule has 1 saturated carbocycles. The van der Waals surface area contributed by atoms with E-state index >= 15 is 0 Å². The maximum Gasteiger partial charge on any atom is 0.255 e. The second-order valence-corrected chi connectivity index (χ2v) is 5.63. The fourth-order valence-corrected chi connectivity index (χ4v) is 2.96. The summed E-state index contributed by atoms with van der Waals surface area (Å²) in [7, 11) is 0. The molecule has 1 amide bonds. The third-order valence-corrected chi connectivity index (χ3v) is 4.44. The van der Waals surface area contributed by atoms with Crippen LogP contribution >= 0.6 is 0 Å². The largest absolute Gasteiger partial charge is 0.504 e. The third kappa shape index (κ3) is 2.58. The minimum absolute atomic E-state index is 0.0793. The van der Waals surface area contributed by atoms with Crippen molar-refractivity contribution in [2.75, 3.05) is 6.54 Å². The predicted octanol–water partition coefficient (Wildman–Crippen LogP) is 1.74. The summed E-state index contributed by atoms with van der Waals surface area (Å²) >= 11 is 0. The van der Waals surface area contributed by atoms with E-state index in [1.165, 1.54) is 18.2 Å². The molecule has 5 N–H and O–H groups in total. The van der Waals surface area contributed by atoms with Crippen LogP contribution in [0.15, 0.2) is 18.2 Å². The number of hydrogen-bond donors (Lipinski definition) is 4. The average Bonchev–Trinajstić information content (AvgIpc) is 2.44. The first-order valence-electron chi connectivity index (χ1n) is 7.03. The van der Waals surface area contributed by atoms with Crippen LogP contribution < -0.4 is 11.1 Å². The zero-order valence-corrected chi connectivity index (χ0v) is 11.7. The number of para-hydroxylation sites is 1. The molecule has 0 saturated heterocycles. The Kier molecular flexibility index (Phi) is 4.18. The molecular formula is C15H22N2O3. The molecule has 0 heterocycles. The number of phenols is 2. The fourth-order valence-electron chi connectivity index (χ4n) is 2.96. The number of carbonyl (C=O) groups excluding carboxylic acids is 1. The molecule has 0 radical (unpaired) electrons. The van der Waals surface area contributed by atoms with Crippen molar-refractivity contribution < 1.29 is 15.0 Å². The van der Waals surface area contributed by atoms with E-state index < -0.39 is 11.4 Å². The van der Waals surface area contributed by atoms with Gasteiger partial charge in [-0.25, -0.2) is 0 Å². The zero-order chi connectivity index (χ0) is 14.8. The molecule has 0 bridgehead atoms. The molecule has 5 nitrogen and oxygen atoms in total. The van der Waals surface area contributed by atoms with Crippen molar-refractivity contribution in [2.45, 2.75) is 38.1 Å². The van der Waals surface area contributed by atoms with E-state index in [1.807, 2.05) is 0 Å². The number of aromatic hydroxyl groups is 2. The Morgan fingerprint density at radius 1 is 1.45 bits per heavy atom. The number of carbonyl (C=O) groups is 1. The molecule has 20 heavy (non-hydrogen) atoms. The molecule has 1 aliphatic carbocycles. The van der Waals surface area contributed by atoms with Crippen molar-refractivity contribution in [1.82, 2.24) is 5.32 Å². The highest BCUT2D eigenvalue weighted by atomic mass is 16.3. The van der Waals surface area contributed by atoms with Gasteiger partial charge < -0.3 is 21.3 Å². The van der Waals surface area contributed by atoms with Gasteiger partial charge in [-0.3, -0.25) is 4.79 Å². The minimum atomic E-state index is -0.423. The normalized spacial score (nSPS) is 26.2. The van der Waals surface area contributed by atoms with Gasteiger partial charge in [-0.2, -0.15) is 0 Å². The summed E-state index contributed by atoms with van der Waals surface area (Å²) in [4.78, 5) is 12.4. The molecule has 2 rings (SSSR count). The molecule has 1 fully saturated rings. The van der Waals surface area contributed by atoms with Crippen molar-refractivity contribution in [3.8, 4) is 11.5 Å². The molecule has 1 aliphatic rings. The monoisotopic (exact) mass is 278 g/mol. The van der Waals surface area contributed by atoms with E-state index in [0.717, 1.165) is 25.7 Å². The van der Waals surface area contributed by atoms with Gasteiger partial charge in [-0.1, -0.05) is 25.8 Å². The highest BCUT2D eigenvalue weighted by Crippen LogP contribution is 2.34. The van der Waals surface area contributed by atoms with Gasteiger partial charge in [0.1, 0.15) is 0 Å². The lowest BCUT2D eigenvalue weighted by atomic mass is 9.73. The van der Waals surface area contributed by atoms with E-state index in [-0.39, 0.29) is 17.1 Å². The van der Waals surface area contributed by atoms with Gasteiger partial charge in [0.05, 0.1) is 11.1 Å². The minimum Gasteiger partial charge on any atom is -0.504 e.